The molecule has 1 aromatic heterocycles. The van der Waals surface area contributed by atoms with E-state index in [1.807, 2.05) is 6.92 Å². The van der Waals surface area contributed by atoms with Crippen molar-refractivity contribution < 1.29 is 5.11 Å². The van der Waals surface area contributed by atoms with E-state index in [-0.39, 0.29) is 6.61 Å². The van der Waals surface area contributed by atoms with E-state index in [1.54, 1.807) is 6.20 Å². The molecule has 0 atom stereocenters. The van der Waals surface area contributed by atoms with Gasteiger partial charge in [0.05, 0.1) is 6.61 Å². The maximum Gasteiger partial charge on any atom is 0.0699 e. The van der Waals surface area contributed by atoms with Crippen LogP contribution in [-0.2, 0) is 13.0 Å². The molecule has 0 aromatic carbocycles. The monoisotopic (exact) mass is 179 g/mol. The Balaban J connectivity index is 3.13. The summed E-state index contributed by atoms with van der Waals surface area (Å²) in [6, 6.07) is 0. The van der Waals surface area contributed by atoms with Crippen LogP contribution in [0.2, 0.25) is 0 Å². The highest BCUT2D eigenvalue weighted by Gasteiger charge is 2.06. The fourth-order valence-corrected chi connectivity index (χ4v) is 1.59. The summed E-state index contributed by atoms with van der Waals surface area (Å²) in [6.45, 7) is 6.34. The lowest BCUT2D eigenvalue weighted by molar-refractivity contribution is 0.280. The second-order valence-corrected chi connectivity index (χ2v) is 3.38. The van der Waals surface area contributed by atoms with Crippen LogP contribution in [0.5, 0.6) is 0 Å². The molecule has 0 fully saturated rings. The van der Waals surface area contributed by atoms with Crippen molar-refractivity contribution in [3.05, 3.63) is 28.6 Å². The van der Waals surface area contributed by atoms with E-state index < -0.39 is 0 Å². The van der Waals surface area contributed by atoms with Gasteiger partial charge in [0.25, 0.3) is 0 Å². The Morgan fingerprint density at radius 2 is 2.08 bits per heavy atom. The van der Waals surface area contributed by atoms with Crippen LogP contribution in [-0.4, -0.2) is 10.1 Å². The number of rotatable bonds is 3. The van der Waals surface area contributed by atoms with Crippen LogP contribution in [0, 0.1) is 13.8 Å². The van der Waals surface area contributed by atoms with Crippen molar-refractivity contribution in [2.45, 2.75) is 40.2 Å². The third-order valence-electron chi connectivity index (χ3n) is 2.46. The number of nitrogens with zero attached hydrogens (tertiary/aromatic N) is 1. The maximum atomic E-state index is 9.06. The highest BCUT2D eigenvalue weighted by atomic mass is 16.3. The smallest absolute Gasteiger partial charge is 0.0699 e. The lowest BCUT2D eigenvalue weighted by Crippen LogP contribution is -2.01. The van der Waals surface area contributed by atoms with E-state index in [0.717, 1.165) is 24.1 Å². The first-order chi connectivity index (χ1) is 6.20. The second kappa shape index (κ2) is 4.38. The van der Waals surface area contributed by atoms with Gasteiger partial charge in [-0.25, -0.2) is 0 Å². The highest BCUT2D eigenvalue weighted by molar-refractivity contribution is 5.34. The fraction of sp³-hybridized carbons (Fsp3) is 0.545. The molecule has 0 amide bonds. The first-order valence-electron chi connectivity index (χ1n) is 4.75. The number of aromatic nitrogens is 1. The van der Waals surface area contributed by atoms with Crippen molar-refractivity contribution >= 4 is 0 Å². The number of pyridine rings is 1. The average Bonchev–Trinajstić information content (AvgIpc) is 2.12. The van der Waals surface area contributed by atoms with Gasteiger partial charge in [-0.05, 0) is 37.0 Å². The van der Waals surface area contributed by atoms with Crippen LogP contribution in [0.4, 0.5) is 0 Å². The molecule has 1 N–H and O–H groups in total. The minimum absolute atomic E-state index is 0.0931. The molecule has 72 valence electrons. The summed E-state index contributed by atoms with van der Waals surface area (Å²) in [4.78, 5) is 4.27. The molecule has 1 rings (SSSR count). The van der Waals surface area contributed by atoms with Crippen molar-refractivity contribution in [2.75, 3.05) is 0 Å². The average molecular weight is 179 g/mol. The molecule has 0 radical (unpaired) electrons. The van der Waals surface area contributed by atoms with Crippen molar-refractivity contribution in [3.63, 3.8) is 0 Å². The Morgan fingerprint density at radius 1 is 1.38 bits per heavy atom. The van der Waals surface area contributed by atoms with Crippen molar-refractivity contribution in [1.29, 1.82) is 0 Å². The lowest BCUT2D eigenvalue weighted by Gasteiger charge is -2.11. The first-order valence-corrected chi connectivity index (χ1v) is 4.75. The molecule has 0 aliphatic rings. The van der Waals surface area contributed by atoms with Gasteiger partial charge >= 0.3 is 0 Å². The van der Waals surface area contributed by atoms with Crippen LogP contribution in [0.3, 0.4) is 0 Å². The van der Waals surface area contributed by atoms with Crippen molar-refractivity contribution in [3.8, 4) is 0 Å². The van der Waals surface area contributed by atoms with Gasteiger partial charge in [-0.3, -0.25) is 4.98 Å². The summed E-state index contributed by atoms with van der Waals surface area (Å²) >= 11 is 0. The zero-order valence-electron chi connectivity index (χ0n) is 8.59. The predicted molar refractivity (Wildman–Crippen MR) is 53.6 cm³/mol. The van der Waals surface area contributed by atoms with Gasteiger partial charge in [0.1, 0.15) is 0 Å². The van der Waals surface area contributed by atoms with E-state index in [4.69, 9.17) is 5.11 Å². The van der Waals surface area contributed by atoms with E-state index in [1.165, 1.54) is 11.1 Å². The number of aliphatic hydroxyl groups excluding tert-OH is 1. The SMILES string of the molecule is CCCc1c(C)ncc(CO)c1C. The molecule has 13 heavy (non-hydrogen) atoms. The predicted octanol–water partition coefficient (Wildman–Crippen LogP) is 2.14. The molecule has 0 unspecified atom stereocenters. The summed E-state index contributed by atoms with van der Waals surface area (Å²) in [5, 5.41) is 9.06. The number of aliphatic hydroxyl groups is 1. The van der Waals surface area contributed by atoms with E-state index in [0.29, 0.717) is 0 Å². The molecular weight excluding hydrogens is 162 g/mol. The summed E-state index contributed by atoms with van der Waals surface area (Å²) in [5.74, 6) is 0. The van der Waals surface area contributed by atoms with Gasteiger partial charge in [0.15, 0.2) is 0 Å². The van der Waals surface area contributed by atoms with Crippen LogP contribution in [0.25, 0.3) is 0 Å². The Labute approximate surface area is 79.6 Å². The van der Waals surface area contributed by atoms with Crippen LogP contribution in [0.1, 0.15) is 35.7 Å². The Hall–Kier alpha value is -0.890. The van der Waals surface area contributed by atoms with Crippen LogP contribution in [0.15, 0.2) is 6.20 Å². The van der Waals surface area contributed by atoms with Gasteiger partial charge in [0, 0.05) is 11.9 Å². The second-order valence-electron chi connectivity index (χ2n) is 3.38. The molecule has 0 saturated heterocycles. The summed E-state index contributed by atoms with van der Waals surface area (Å²) < 4.78 is 0. The lowest BCUT2D eigenvalue weighted by atomic mass is 10.00. The first kappa shape index (κ1) is 10.2. The molecule has 0 spiro atoms. The van der Waals surface area contributed by atoms with Gasteiger partial charge < -0.3 is 5.11 Å². The molecule has 0 aliphatic heterocycles. The summed E-state index contributed by atoms with van der Waals surface area (Å²) in [5.41, 5.74) is 4.55. The summed E-state index contributed by atoms with van der Waals surface area (Å²) in [6.07, 6.45) is 3.95. The topological polar surface area (TPSA) is 33.1 Å². The van der Waals surface area contributed by atoms with Crippen molar-refractivity contribution in [1.82, 2.24) is 4.98 Å². The van der Waals surface area contributed by atoms with Crippen molar-refractivity contribution in [2.24, 2.45) is 0 Å². The van der Waals surface area contributed by atoms with Gasteiger partial charge in [0.2, 0.25) is 0 Å². The minimum atomic E-state index is 0.0931. The standard InChI is InChI=1S/C11H17NO/c1-4-5-11-8(2)10(7-13)6-12-9(11)3/h6,13H,4-5,7H2,1-3H3. The molecule has 0 aliphatic carbocycles. The number of hydrogen-bond acceptors (Lipinski definition) is 2. The highest BCUT2D eigenvalue weighted by Crippen LogP contribution is 2.17. The zero-order valence-corrected chi connectivity index (χ0v) is 8.59. The van der Waals surface area contributed by atoms with Crippen LogP contribution >= 0.6 is 0 Å². The van der Waals surface area contributed by atoms with Gasteiger partial charge in [-0.15, -0.1) is 0 Å². The molecule has 2 nitrogen and oxygen atoms in total. The molecular formula is C11H17NO. The normalized spacial score (nSPS) is 10.5. The maximum absolute atomic E-state index is 9.06. The third-order valence-corrected chi connectivity index (χ3v) is 2.46. The molecule has 1 heterocycles. The molecule has 0 saturated carbocycles. The fourth-order valence-electron chi connectivity index (χ4n) is 1.59. The summed E-state index contributed by atoms with van der Waals surface area (Å²) in [7, 11) is 0. The molecule has 1 aromatic rings. The Morgan fingerprint density at radius 3 is 2.62 bits per heavy atom. The number of aryl methyl sites for hydroxylation is 1. The largest absolute Gasteiger partial charge is 0.392 e. The van der Waals surface area contributed by atoms with Gasteiger partial charge in [-0.1, -0.05) is 13.3 Å². The third kappa shape index (κ3) is 2.07. The van der Waals surface area contributed by atoms with Crippen LogP contribution < -0.4 is 0 Å². The van der Waals surface area contributed by atoms with E-state index in [9.17, 15) is 0 Å². The molecule has 2 heteroatoms. The number of hydrogen-bond donors (Lipinski definition) is 1. The molecule has 0 bridgehead atoms. The quantitative estimate of drug-likeness (QED) is 0.771. The Bertz CT molecular complexity index is 294. The van der Waals surface area contributed by atoms with E-state index in [2.05, 4.69) is 18.8 Å². The zero-order chi connectivity index (χ0) is 9.84. The van der Waals surface area contributed by atoms with Gasteiger partial charge in [-0.2, -0.15) is 0 Å². The minimum Gasteiger partial charge on any atom is -0.392 e. The Kier molecular flexibility index (Phi) is 3.43. The van der Waals surface area contributed by atoms with E-state index >= 15 is 0 Å².